The summed E-state index contributed by atoms with van der Waals surface area (Å²) in [7, 11) is 0. The highest BCUT2D eigenvalue weighted by Gasteiger charge is 2.48. The van der Waals surface area contributed by atoms with E-state index in [9.17, 15) is 4.79 Å². The average Bonchev–Trinajstić information content (AvgIpc) is 2.85. The maximum absolute atomic E-state index is 11.8. The highest BCUT2D eigenvalue weighted by Crippen LogP contribution is 2.40. The van der Waals surface area contributed by atoms with Gasteiger partial charge in [-0.2, -0.15) is 0 Å². The molecule has 0 aromatic rings. The van der Waals surface area contributed by atoms with E-state index in [0.717, 1.165) is 12.8 Å². The smallest absolute Gasteiger partial charge is 0.326 e. The molecule has 0 radical (unpaired) electrons. The average molecular weight is 199 g/mol. The Labute approximate surface area is 86.2 Å². The quantitative estimate of drug-likeness (QED) is 0.685. The summed E-state index contributed by atoms with van der Waals surface area (Å²) in [6.45, 7) is 8.38. The first-order valence-electron chi connectivity index (χ1n) is 5.45. The number of rotatable bonds is 5. The topological polar surface area (TPSA) is 38.3 Å². The van der Waals surface area contributed by atoms with Crippen LogP contribution in [-0.2, 0) is 9.53 Å². The van der Waals surface area contributed by atoms with Gasteiger partial charge in [0.25, 0.3) is 0 Å². The zero-order valence-corrected chi connectivity index (χ0v) is 9.59. The molecule has 0 heterocycles. The molecule has 1 rings (SSSR count). The van der Waals surface area contributed by atoms with E-state index in [0.29, 0.717) is 18.6 Å². The first-order chi connectivity index (χ1) is 6.50. The van der Waals surface area contributed by atoms with Crippen molar-refractivity contribution in [1.29, 1.82) is 0 Å². The molecule has 1 unspecified atom stereocenters. The largest absolute Gasteiger partial charge is 0.465 e. The van der Waals surface area contributed by atoms with E-state index in [1.54, 1.807) is 0 Å². The summed E-state index contributed by atoms with van der Waals surface area (Å²) in [6, 6.07) is 0.310. The second-order valence-electron chi connectivity index (χ2n) is 4.50. The number of carbonyl (C=O) groups is 1. The molecule has 14 heavy (non-hydrogen) atoms. The molecular weight excluding hydrogens is 178 g/mol. The van der Waals surface area contributed by atoms with E-state index >= 15 is 0 Å². The molecule has 0 saturated heterocycles. The Bertz CT molecular complexity index is 211. The van der Waals surface area contributed by atoms with Crippen LogP contribution in [0.2, 0.25) is 0 Å². The van der Waals surface area contributed by atoms with Gasteiger partial charge in [0.2, 0.25) is 0 Å². The lowest BCUT2D eigenvalue weighted by Gasteiger charge is -2.30. The van der Waals surface area contributed by atoms with Crippen molar-refractivity contribution >= 4 is 5.97 Å². The zero-order valence-electron chi connectivity index (χ0n) is 9.59. The number of hydrogen-bond donors (Lipinski definition) is 1. The van der Waals surface area contributed by atoms with E-state index < -0.39 is 5.54 Å². The monoisotopic (exact) mass is 199 g/mol. The summed E-state index contributed by atoms with van der Waals surface area (Å²) in [4.78, 5) is 11.8. The van der Waals surface area contributed by atoms with Crippen LogP contribution in [0.5, 0.6) is 0 Å². The van der Waals surface area contributed by atoms with Crippen LogP contribution in [0.25, 0.3) is 0 Å². The van der Waals surface area contributed by atoms with Crippen LogP contribution in [0.4, 0.5) is 0 Å². The van der Waals surface area contributed by atoms with Crippen molar-refractivity contribution < 1.29 is 9.53 Å². The Hall–Kier alpha value is -0.570. The number of carbonyl (C=O) groups excluding carboxylic acids is 1. The molecule has 0 amide bonds. The lowest BCUT2D eigenvalue weighted by Crippen LogP contribution is -2.54. The van der Waals surface area contributed by atoms with Gasteiger partial charge < -0.3 is 4.74 Å². The molecule has 3 nitrogen and oxygen atoms in total. The standard InChI is InChI=1S/C11H21NO2/c1-5-14-10(13)11(4,9-6-7-9)12-8(2)3/h8-9,12H,5-7H2,1-4H3. The van der Waals surface area contributed by atoms with Gasteiger partial charge in [-0.05, 0) is 46.5 Å². The van der Waals surface area contributed by atoms with E-state index in [4.69, 9.17) is 4.74 Å². The molecule has 1 saturated carbocycles. The van der Waals surface area contributed by atoms with E-state index in [2.05, 4.69) is 19.2 Å². The predicted molar refractivity (Wildman–Crippen MR) is 56.0 cm³/mol. The lowest BCUT2D eigenvalue weighted by atomic mass is 9.95. The fourth-order valence-corrected chi connectivity index (χ4v) is 1.88. The third-order valence-electron chi connectivity index (χ3n) is 2.68. The summed E-state index contributed by atoms with van der Waals surface area (Å²) >= 11 is 0. The van der Waals surface area contributed by atoms with Crippen LogP contribution in [0.3, 0.4) is 0 Å². The third-order valence-corrected chi connectivity index (χ3v) is 2.68. The molecule has 1 atom stereocenters. The number of hydrogen-bond acceptors (Lipinski definition) is 3. The SMILES string of the molecule is CCOC(=O)C(C)(NC(C)C)C1CC1. The Morgan fingerprint density at radius 1 is 1.57 bits per heavy atom. The van der Waals surface area contributed by atoms with Crippen molar-refractivity contribution in [3.8, 4) is 0 Å². The van der Waals surface area contributed by atoms with Crippen LogP contribution in [0.1, 0.15) is 40.5 Å². The van der Waals surface area contributed by atoms with Crippen molar-refractivity contribution in [2.75, 3.05) is 6.61 Å². The van der Waals surface area contributed by atoms with E-state index in [1.807, 2.05) is 13.8 Å². The molecule has 0 bridgehead atoms. The third kappa shape index (κ3) is 2.47. The number of ether oxygens (including phenoxy) is 1. The summed E-state index contributed by atoms with van der Waals surface area (Å²) in [6.07, 6.45) is 2.27. The van der Waals surface area contributed by atoms with Crippen LogP contribution in [0.15, 0.2) is 0 Å². The normalized spacial score (nSPS) is 20.6. The molecule has 0 aliphatic heterocycles. The molecule has 0 aromatic heterocycles. The highest BCUT2D eigenvalue weighted by molar-refractivity contribution is 5.81. The maximum Gasteiger partial charge on any atom is 0.326 e. The summed E-state index contributed by atoms with van der Waals surface area (Å²) in [5.74, 6) is 0.361. The molecule has 1 aliphatic rings. The Balaban J connectivity index is 2.64. The van der Waals surface area contributed by atoms with E-state index in [-0.39, 0.29) is 5.97 Å². The minimum absolute atomic E-state index is 0.101. The highest BCUT2D eigenvalue weighted by atomic mass is 16.5. The van der Waals surface area contributed by atoms with Crippen molar-refractivity contribution in [2.24, 2.45) is 5.92 Å². The molecule has 3 heteroatoms. The molecule has 1 N–H and O–H groups in total. The lowest BCUT2D eigenvalue weighted by molar-refractivity contribution is -0.151. The van der Waals surface area contributed by atoms with Gasteiger partial charge in [-0.25, -0.2) is 0 Å². The van der Waals surface area contributed by atoms with Gasteiger partial charge in [-0.3, -0.25) is 10.1 Å². The first kappa shape index (κ1) is 11.5. The zero-order chi connectivity index (χ0) is 10.8. The number of nitrogens with one attached hydrogen (secondary N) is 1. The van der Waals surface area contributed by atoms with Crippen molar-refractivity contribution in [1.82, 2.24) is 5.32 Å². The molecule has 1 aliphatic carbocycles. The molecule has 0 aromatic carbocycles. The van der Waals surface area contributed by atoms with Gasteiger partial charge in [0.05, 0.1) is 6.61 Å². The van der Waals surface area contributed by atoms with Gasteiger partial charge >= 0.3 is 5.97 Å². The Morgan fingerprint density at radius 2 is 2.14 bits per heavy atom. The van der Waals surface area contributed by atoms with Crippen molar-refractivity contribution in [3.05, 3.63) is 0 Å². The van der Waals surface area contributed by atoms with Crippen molar-refractivity contribution in [2.45, 2.75) is 52.1 Å². The Morgan fingerprint density at radius 3 is 2.50 bits per heavy atom. The second-order valence-corrected chi connectivity index (χ2v) is 4.50. The van der Waals surface area contributed by atoms with Crippen LogP contribution in [-0.4, -0.2) is 24.2 Å². The summed E-state index contributed by atoms with van der Waals surface area (Å²) < 4.78 is 5.11. The van der Waals surface area contributed by atoms with E-state index in [1.165, 1.54) is 0 Å². The first-order valence-corrected chi connectivity index (χ1v) is 5.45. The fourth-order valence-electron chi connectivity index (χ4n) is 1.88. The second kappa shape index (κ2) is 4.30. The Kier molecular flexibility index (Phi) is 3.53. The maximum atomic E-state index is 11.8. The van der Waals surface area contributed by atoms with Crippen LogP contribution >= 0.6 is 0 Å². The molecule has 82 valence electrons. The van der Waals surface area contributed by atoms with Crippen LogP contribution < -0.4 is 5.32 Å². The molecule has 1 fully saturated rings. The summed E-state index contributed by atoms with van der Waals surface area (Å²) in [5, 5.41) is 3.33. The van der Waals surface area contributed by atoms with Gasteiger partial charge in [-0.1, -0.05) is 0 Å². The number of esters is 1. The van der Waals surface area contributed by atoms with Crippen LogP contribution in [0, 0.1) is 5.92 Å². The van der Waals surface area contributed by atoms with Gasteiger partial charge in [0, 0.05) is 6.04 Å². The van der Waals surface area contributed by atoms with Crippen molar-refractivity contribution in [3.63, 3.8) is 0 Å². The minimum Gasteiger partial charge on any atom is -0.465 e. The minimum atomic E-state index is -0.468. The molecular formula is C11H21NO2. The molecule has 0 spiro atoms. The van der Waals surface area contributed by atoms with Gasteiger partial charge in [-0.15, -0.1) is 0 Å². The fraction of sp³-hybridized carbons (Fsp3) is 0.909. The van der Waals surface area contributed by atoms with Gasteiger partial charge in [0.15, 0.2) is 0 Å². The van der Waals surface area contributed by atoms with Gasteiger partial charge in [0.1, 0.15) is 5.54 Å². The summed E-state index contributed by atoms with van der Waals surface area (Å²) in [5.41, 5.74) is -0.468. The predicted octanol–water partition coefficient (Wildman–Crippen LogP) is 1.72.